The molecule has 0 aliphatic carbocycles. The first-order valence-electron chi connectivity index (χ1n) is 3.60. The molecule has 0 radical (unpaired) electrons. The lowest BCUT2D eigenvalue weighted by atomic mass is 10.3. The number of rotatable bonds is 3. The molecule has 13 heavy (non-hydrogen) atoms. The highest BCUT2D eigenvalue weighted by atomic mass is 127. The molecule has 1 rings (SSSR count). The van der Waals surface area contributed by atoms with E-state index >= 15 is 0 Å². The second-order valence-electron chi connectivity index (χ2n) is 2.38. The highest BCUT2D eigenvalue weighted by Crippen LogP contribution is 2.31. The van der Waals surface area contributed by atoms with Gasteiger partial charge in [0.1, 0.15) is 7.69 Å². The average Bonchev–Trinajstić information content (AvgIpc) is 2.50. The van der Waals surface area contributed by atoms with Crippen LogP contribution in [0.25, 0.3) is 0 Å². The normalized spacial score (nSPS) is 12.9. The number of carbonyl (C=O) groups excluding carboxylic acids is 1. The molecule has 0 saturated heterocycles. The van der Waals surface area contributed by atoms with Crippen molar-refractivity contribution >= 4 is 51.2 Å². The molecule has 0 aromatic carbocycles. The summed E-state index contributed by atoms with van der Waals surface area (Å²) >= 11 is 4.38. The maximum absolute atomic E-state index is 10.8. The molecule has 1 heterocycles. The number of ether oxygens (including phenoxy) is 1. The molecule has 1 aromatic heterocycles. The molecule has 1 unspecified atom stereocenters. The van der Waals surface area contributed by atoms with Crippen LogP contribution >= 0.6 is 45.2 Å². The Hall–Kier alpha value is 0.210. The van der Waals surface area contributed by atoms with E-state index in [-0.39, 0.29) is 14.0 Å². The van der Waals surface area contributed by atoms with Crippen LogP contribution in [0.4, 0.5) is 0 Å². The van der Waals surface area contributed by atoms with E-state index in [1.807, 2.05) is 0 Å². The predicted molar refractivity (Wildman–Crippen MR) is 65.0 cm³/mol. The van der Waals surface area contributed by atoms with Gasteiger partial charge in [-0.15, -0.1) is 0 Å². The lowest BCUT2D eigenvalue weighted by molar-refractivity contribution is -0.146. The van der Waals surface area contributed by atoms with Crippen molar-refractivity contribution in [2.75, 3.05) is 0 Å². The maximum atomic E-state index is 10.8. The maximum Gasteiger partial charge on any atom is 0.303 e. The summed E-state index contributed by atoms with van der Waals surface area (Å²) in [5, 5.41) is 0. The van der Waals surface area contributed by atoms with Crippen LogP contribution in [-0.4, -0.2) is 7.90 Å². The minimum atomic E-state index is -0.298. The van der Waals surface area contributed by atoms with E-state index in [0.29, 0.717) is 5.76 Å². The van der Waals surface area contributed by atoms with Gasteiger partial charge < -0.3 is 9.15 Å². The fourth-order valence-electron chi connectivity index (χ4n) is 0.866. The fourth-order valence-corrected chi connectivity index (χ4v) is 1.87. The zero-order chi connectivity index (χ0) is 9.84. The molecular weight excluding hydrogens is 398 g/mol. The Labute approximate surface area is 103 Å². The van der Waals surface area contributed by atoms with E-state index < -0.39 is 0 Å². The zero-order valence-corrected chi connectivity index (χ0v) is 11.2. The standard InChI is InChI=1S/C8H8I2O3/c1-5(11)13-7(8(9)10)6-3-2-4-12-6/h2-4,7-8H,1H3. The monoisotopic (exact) mass is 406 g/mol. The second kappa shape index (κ2) is 5.18. The van der Waals surface area contributed by atoms with E-state index in [9.17, 15) is 4.79 Å². The van der Waals surface area contributed by atoms with Gasteiger partial charge in [-0.05, 0) is 12.1 Å². The highest BCUT2D eigenvalue weighted by molar-refractivity contribution is 14.2. The van der Waals surface area contributed by atoms with E-state index in [1.165, 1.54) is 6.92 Å². The molecule has 0 bridgehead atoms. The molecule has 0 saturated carbocycles. The highest BCUT2D eigenvalue weighted by Gasteiger charge is 2.23. The number of halogens is 2. The minimum Gasteiger partial charge on any atom is -0.465 e. The van der Waals surface area contributed by atoms with Crippen molar-refractivity contribution in [3.63, 3.8) is 0 Å². The summed E-state index contributed by atoms with van der Waals surface area (Å²) in [6, 6.07) is 3.58. The van der Waals surface area contributed by atoms with Crippen molar-refractivity contribution in [2.45, 2.75) is 15.0 Å². The number of hydrogen-bond donors (Lipinski definition) is 0. The van der Waals surface area contributed by atoms with E-state index in [4.69, 9.17) is 9.15 Å². The van der Waals surface area contributed by atoms with Crippen LogP contribution in [0.1, 0.15) is 18.8 Å². The number of alkyl halides is 2. The first kappa shape index (κ1) is 11.3. The fraction of sp³-hybridized carbons (Fsp3) is 0.375. The Bertz CT molecular complexity index is 269. The smallest absolute Gasteiger partial charge is 0.303 e. The summed E-state index contributed by atoms with van der Waals surface area (Å²) in [4.78, 5) is 10.8. The predicted octanol–water partition coefficient (Wildman–Crippen LogP) is 3.08. The van der Waals surface area contributed by atoms with Gasteiger partial charge in [-0.25, -0.2) is 0 Å². The van der Waals surface area contributed by atoms with Crippen LogP contribution in [0.3, 0.4) is 0 Å². The van der Waals surface area contributed by atoms with E-state index in [1.54, 1.807) is 18.4 Å². The van der Waals surface area contributed by atoms with E-state index in [0.717, 1.165) is 0 Å². The SMILES string of the molecule is CC(=O)OC(c1ccco1)C(I)I. The molecule has 0 aliphatic rings. The molecule has 0 fully saturated rings. The van der Waals surface area contributed by atoms with Crippen LogP contribution in [0.2, 0.25) is 0 Å². The van der Waals surface area contributed by atoms with Crippen molar-refractivity contribution in [1.29, 1.82) is 0 Å². The number of carbonyl (C=O) groups is 1. The first-order chi connectivity index (χ1) is 6.11. The Morgan fingerprint density at radius 2 is 2.31 bits per heavy atom. The summed E-state index contributed by atoms with van der Waals surface area (Å²) in [6.07, 6.45) is 1.27. The number of furan rings is 1. The molecule has 0 spiro atoms. The van der Waals surface area contributed by atoms with Crippen molar-refractivity contribution in [1.82, 2.24) is 0 Å². The quantitative estimate of drug-likeness (QED) is 0.440. The number of esters is 1. The molecule has 0 N–H and O–H groups in total. The van der Waals surface area contributed by atoms with Crippen molar-refractivity contribution in [3.05, 3.63) is 24.2 Å². The molecule has 1 aromatic rings. The lowest BCUT2D eigenvalue weighted by Crippen LogP contribution is -2.13. The minimum absolute atomic E-state index is 0.158. The third-order valence-electron chi connectivity index (χ3n) is 1.35. The van der Waals surface area contributed by atoms with Crippen molar-refractivity contribution in [2.24, 2.45) is 0 Å². The van der Waals surface area contributed by atoms with Crippen LogP contribution < -0.4 is 0 Å². The molecule has 0 amide bonds. The van der Waals surface area contributed by atoms with Gasteiger partial charge in [0.2, 0.25) is 0 Å². The Kier molecular flexibility index (Phi) is 4.50. The Morgan fingerprint density at radius 1 is 1.62 bits per heavy atom. The van der Waals surface area contributed by atoms with Gasteiger partial charge in [0, 0.05) is 6.92 Å². The Morgan fingerprint density at radius 3 is 2.69 bits per heavy atom. The molecule has 1 atom stereocenters. The third kappa shape index (κ3) is 3.45. The largest absolute Gasteiger partial charge is 0.465 e. The lowest BCUT2D eigenvalue weighted by Gasteiger charge is -2.15. The summed E-state index contributed by atoms with van der Waals surface area (Å²) in [5.41, 5.74) is 0. The van der Waals surface area contributed by atoms with Gasteiger partial charge >= 0.3 is 5.97 Å². The van der Waals surface area contributed by atoms with Crippen LogP contribution in [-0.2, 0) is 9.53 Å². The molecule has 5 heteroatoms. The molecule has 3 nitrogen and oxygen atoms in total. The summed E-state index contributed by atoms with van der Waals surface area (Å²) in [5.74, 6) is 0.392. The van der Waals surface area contributed by atoms with Gasteiger partial charge in [-0.2, -0.15) is 0 Å². The van der Waals surface area contributed by atoms with Crippen molar-refractivity contribution < 1.29 is 13.9 Å². The third-order valence-corrected chi connectivity index (χ3v) is 2.65. The van der Waals surface area contributed by atoms with Gasteiger partial charge in [-0.3, -0.25) is 4.79 Å². The van der Waals surface area contributed by atoms with Gasteiger partial charge in [-0.1, -0.05) is 45.2 Å². The zero-order valence-electron chi connectivity index (χ0n) is 6.87. The average molecular weight is 406 g/mol. The van der Waals surface area contributed by atoms with Crippen molar-refractivity contribution in [3.8, 4) is 0 Å². The van der Waals surface area contributed by atoms with Gasteiger partial charge in [0.05, 0.1) is 6.26 Å². The Balaban J connectivity index is 2.74. The molecule has 72 valence electrons. The summed E-state index contributed by atoms with van der Waals surface area (Å²) in [6.45, 7) is 1.39. The van der Waals surface area contributed by atoms with Crippen LogP contribution in [0.5, 0.6) is 0 Å². The summed E-state index contributed by atoms with van der Waals surface area (Å²) in [7, 11) is 0. The van der Waals surface area contributed by atoms with E-state index in [2.05, 4.69) is 45.2 Å². The summed E-state index contributed by atoms with van der Waals surface area (Å²) < 4.78 is 10.4. The second-order valence-corrected chi connectivity index (χ2v) is 7.45. The molecule has 0 aliphatic heterocycles. The molecular formula is C8H8I2O3. The first-order valence-corrected chi connectivity index (χ1v) is 6.09. The topological polar surface area (TPSA) is 39.4 Å². The number of hydrogen-bond acceptors (Lipinski definition) is 3. The van der Waals surface area contributed by atoms with Crippen LogP contribution in [0.15, 0.2) is 22.8 Å². The van der Waals surface area contributed by atoms with Crippen LogP contribution in [0, 0.1) is 0 Å². The van der Waals surface area contributed by atoms with Gasteiger partial charge in [0.15, 0.2) is 6.10 Å². The van der Waals surface area contributed by atoms with Gasteiger partial charge in [0.25, 0.3) is 0 Å².